The number of likely N-dealkylation sites (N-methyl/N-ethyl adjacent to an activating group) is 1. The van der Waals surface area contributed by atoms with Gasteiger partial charge in [-0.1, -0.05) is 6.07 Å². The van der Waals surface area contributed by atoms with Crippen LogP contribution in [0, 0.1) is 0 Å². The molecule has 0 saturated heterocycles. The Balaban J connectivity index is 1.61. The third kappa shape index (κ3) is 3.50. The van der Waals surface area contributed by atoms with E-state index in [1.54, 1.807) is 42.3 Å². The number of Topliss-reactive ketones (excluding diaryl/α,β-unsaturated/α-hetero) is 1. The first-order chi connectivity index (χ1) is 12.0. The number of aromatic nitrogens is 1. The zero-order valence-electron chi connectivity index (χ0n) is 13.6. The van der Waals surface area contributed by atoms with Crippen molar-refractivity contribution in [3.05, 3.63) is 64.1 Å². The molecule has 0 spiro atoms. The van der Waals surface area contributed by atoms with Crippen molar-refractivity contribution in [2.45, 2.75) is 13.0 Å². The van der Waals surface area contributed by atoms with Crippen molar-refractivity contribution in [2.24, 2.45) is 0 Å². The number of carbonyl (C=O) groups is 3. The van der Waals surface area contributed by atoms with Crippen molar-refractivity contribution in [3.8, 4) is 0 Å². The Kier molecular flexibility index (Phi) is 4.47. The minimum absolute atomic E-state index is 0.0284. The minimum atomic E-state index is -0.669. The summed E-state index contributed by atoms with van der Waals surface area (Å²) >= 11 is 0. The molecule has 0 atom stereocenters. The number of rotatable bonds is 5. The summed E-state index contributed by atoms with van der Waals surface area (Å²) < 4.78 is 6.15. The molecule has 0 fully saturated rings. The van der Waals surface area contributed by atoms with Crippen molar-refractivity contribution in [2.75, 3.05) is 18.6 Å². The van der Waals surface area contributed by atoms with E-state index in [2.05, 4.69) is 0 Å². The maximum Gasteiger partial charge on any atom is 0.326 e. The van der Waals surface area contributed by atoms with Crippen LogP contribution in [-0.2, 0) is 27.3 Å². The number of anilines is 1. The van der Waals surface area contributed by atoms with Gasteiger partial charge in [-0.15, -0.1) is 0 Å². The lowest BCUT2D eigenvalue weighted by Crippen LogP contribution is -2.25. The van der Waals surface area contributed by atoms with Gasteiger partial charge in [0.2, 0.25) is 5.91 Å². The van der Waals surface area contributed by atoms with E-state index in [-0.39, 0.29) is 30.2 Å². The van der Waals surface area contributed by atoms with Crippen LogP contribution in [0.4, 0.5) is 5.69 Å². The average Bonchev–Trinajstić information content (AvgIpc) is 2.88. The van der Waals surface area contributed by atoms with Crippen LogP contribution in [0.1, 0.15) is 15.9 Å². The molecule has 2 heterocycles. The second kappa shape index (κ2) is 6.72. The van der Waals surface area contributed by atoms with Crippen molar-refractivity contribution < 1.29 is 19.1 Å². The van der Waals surface area contributed by atoms with Crippen molar-refractivity contribution in [1.82, 2.24) is 4.57 Å². The van der Waals surface area contributed by atoms with E-state index in [9.17, 15) is 19.2 Å². The van der Waals surface area contributed by atoms with E-state index in [1.807, 2.05) is 0 Å². The zero-order valence-corrected chi connectivity index (χ0v) is 13.6. The van der Waals surface area contributed by atoms with E-state index >= 15 is 0 Å². The number of ether oxygens (including phenoxy) is 1. The van der Waals surface area contributed by atoms with E-state index in [0.717, 1.165) is 11.3 Å². The van der Waals surface area contributed by atoms with Crippen LogP contribution >= 0.6 is 0 Å². The molecule has 7 heteroatoms. The molecule has 1 aliphatic heterocycles. The first-order valence-electron chi connectivity index (χ1n) is 7.69. The standard InChI is InChI=1S/C18H16N2O5/c1-19-14-6-5-12(8-13(14)9-17(19)23)15(21)11-25-18(24)10-20-7-3-2-4-16(20)22/h2-8H,9-11H2,1H3. The molecule has 0 bridgehead atoms. The second-order valence-electron chi connectivity index (χ2n) is 5.72. The smallest absolute Gasteiger partial charge is 0.326 e. The molecule has 2 aromatic rings. The fourth-order valence-corrected chi connectivity index (χ4v) is 2.65. The van der Waals surface area contributed by atoms with Gasteiger partial charge >= 0.3 is 5.97 Å². The molecule has 0 unspecified atom stereocenters. The van der Waals surface area contributed by atoms with Gasteiger partial charge in [-0.05, 0) is 29.8 Å². The normalized spacial score (nSPS) is 12.8. The number of esters is 1. The number of ketones is 1. The van der Waals surface area contributed by atoms with Crippen LogP contribution in [0.3, 0.4) is 0 Å². The predicted octanol–water partition coefficient (Wildman–Crippen LogP) is 0.793. The van der Waals surface area contributed by atoms with Crippen LogP contribution in [0.15, 0.2) is 47.4 Å². The minimum Gasteiger partial charge on any atom is -0.456 e. The van der Waals surface area contributed by atoms with E-state index in [0.29, 0.717) is 5.56 Å². The van der Waals surface area contributed by atoms with Crippen molar-refractivity contribution >= 4 is 23.3 Å². The molecule has 1 aromatic carbocycles. The maximum absolute atomic E-state index is 12.2. The molecule has 0 aliphatic carbocycles. The number of pyridine rings is 1. The molecule has 0 radical (unpaired) electrons. The summed E-state index contributed by atoms with van der Waals surface area (Å²) in [5.41, 5.74) is 1.62. The summed E-state index contributed by atoms with van der Waals surface area (Å²) in [5, 5.41) is 0. The molecule has 0 N–H and O–H groups in total. The summed E-state index contributed by atoms with van der Waals surface area (Å²) in [7, 11) is 1.68. The van der Waals surface area contributed by atoms with Crippen LogP contribution in [0.25, 0.3) is 0 Å². The Labute approximate surface area is 143 Å². The van der Waals surface area contributed by atoms with Gasteiger partial charge in [0.05, 0.1) is 6.42 Å². The first-order valence-corrected chi connectivity index (χ1v) is 7.69. The fourth-order valence-electron chi connectivity index (χ4n) is 2.65. The Morgan fingerprint density at radius 2 is 1.96 bits per heavy atom. The van der Waals surface area contributed by atoms with E-state index < -0.39 is 12.6 Å². The monoisotopic (exact) mass is 340 g/mol. The summed E-state index contributed by atoms with van der Waals surface area (Å²) in [6.07, 6.45) is 1.73. The van der Waals surface area contributed by atoms with Crippen LogP contribution < -0.4 is 10.5 Å². The Bertz CT molecular complexity index is 916. The number of carbonyl (C=O) groups excluding carboxylic acids is 3. The first kappa shape index (κ1) is 16.6. The quantitative estimate of drug-likeness (QED) is 0.593. The van der Waals surface area contributed by atoms with Gasteiger partial charge in [-0.3, -0.25) is 19.2 Å². The number of amides is 1. The lowest BCUT2D eigenvalue weighted by Gasteiger charge is -2.10. The van der Waals surface area contributed by atoms with E-state index in [1.165, 1.54) is 16.8 Å². The summed E-state index contributed by atoms with van der Waals surface area (Å²) in [5.74, 6) is -1.06. The van der Waals surface area contributed by atoms with Gasteiger partial charge in [0.15, 0.2) is 12.4 Å². The number of fused-ring (bicyclic) bond motifs is 1. The second-order valence-corrected chi connectivity index (χ2v) is 5.72. The summed E-state index contributed by atoms with van der Waals surface area (Å²) in [4.78, 5) is 48.7. The van der Waals surface area contributed by atoms with Gasteiger partial charge in [-0.25, -0.2) is 0 Å². The molecule has 3 rings (SSSR count). The van der Waals surface area contributed by atoms with Crippen LogP contribution in [0.5, 0.6) is 0 Å². The lowest BCUT2D eigenvalue weighted by molar-refractivity contribution is -0.143. The molecule has 25 heavy (non-hydrogen) atoms. The number of nitrogens with zero attached hydrogens (tertiary/aromatic N) is 2. The highest BCUT2D eigenvalue weighted by atomic mass is 16.5. The highest BCUT2D eigenvalue weighted by Crippen LogP contribution is 2.28. The molecule has 128 valence electrons. The number of hydrogen-bond donors (Lipinski definition) is 0. The van der Waals surface area contributed by atoms with Gasteiger partial charge in [0, 0.05) is 30.6 Å². The largest absolute Gasteiger partial charge is 0.456 e. The van der Waals surface area contributed by atoms with Gasteiger partial charge in [0.1, 0.15) is 6.54 Å². The van der Waals surface area contributed by atoms with Gasteiger partial charge in [-0.2, -0.15) is 0 Å². The predicted molar refractivity (Wildman–Crippen MR) is 89.5 cm³/mol. The Morgan fingerprint density at radius 3 is 2.72 bits per heavy atom. The molecular formula is C18H16N2O5. The third-order valence-electron chi connectivity index (χ3n) is 4.04. The third-order valence-corrected chi connectivity index (χ3v) is 4.04. The summed E-state index contributed by atoms with van der Waals surface area (Å²) in [6.45, 7) is -0.667. The fraction of sp³-hybridized carbons (Fsp3) is 0.222. The highest BCUT2D eigenvalue weighted by molar-refractivity contribution is 6.03. The van der Waals surface area contributed by atoms with Crippen molar-refractivity contribution in [1.29, 1.82) is 0 Å². The highest BCUT2D eigenvalue weighted by Gasteiger charge is 2.24. The van der Waals surface area contributed by atoms with E-state index in [4.69, 9.17) is 4.74 Å². The average molecular weight is 340 g/mol. The molecule has 7 nitrogen and oxygen atoms in total. The molecule has 1 amide bonds. The van der Waals surface area contributed by atoms with Gasteiger partial charge < -0.3 is 14.2 Å². The molecular weight excluding hydrogens is 324 g/mol. The maximum atomic E-state index is 12.2. The molecule has 1 aliphatic rings. The molecule has 0 saturated carbocycles. The lowest BCUT2D eigenvalue weighted by atomic mass is 10.1. The number of benzene rings is 1. The zero-order chi connectivity index (χ0) is 18.0. The topological polar surface area (TPSA) is 85.7 Å². The number of hydrogen-bond acceptors (Lipinski definition) is 5. The Hall–Kier alpha value is -3.22. The van der Waals surface area contributed by atoms with Crippen LogP contribution in [-0.4, -0.2) is 35.9 Å². The van der Waals surface area contributed by atoms with Crippen LogP contribution in [0.2, 0.25) is 0 Å². The van der Waals surface area contributed by atoms with Gasteiger partial charge in [0.25, 0.3) is 5.56 Å². The SMILES string of the molecule is CN1C(=O)Cc2cc(C(=O)COC(=O)Cn3ccccc3=O)ccc21. The molecule has 1 aromatic heterocycles. The van der Waals surface area contributed by atoms with Crippen molar-refractivity contribution in [3.63, 3.8) is 0 Å². The Morgan fingerprint density at radius 1 is 1.16 bits per heavy atom. The summed E-state index contributed by atoms with van der Waals surface area (Å²) in [6, 6.07) is 9.49.